The van der Waals surface area contributed by atoms with E-state index < -0.39 is 0 Å². The molecule has 7 heteroatoms. The first-order chi connectivity index (χ1) is 13.0. The Hall–Kier alpha value is -2.38. The van der Waals surface area contributed by atoms with E-state index in [2.05, 4.69) is 62.6 Å². The predicted molar refractivity (Wildman–Crippen MR) is 114 cm³/mol. The Morgan fingerprint density at radius 1 is 1.26 bits per heavy atom. The minimum atomic E-state index is 0.0693. The molecule has 5 nitrogen and oxygen atoms in total. The highest BCUT2D eigenvalue weighted by atomic mass is 79.9. The second kappa shape index (κ2) is 8.54. The molecule has 1 N–H and O–H groups in total. The molecule has 1 aromatic heterocycles. The van der Waals surface area contributed by atoms with Gasteiger partial charge in [-0.1, -0.05) is 29.8 Å². The van der Waals surface area contributed by atoms with Crippen LogP contribution in [0.2, 0.25) is 0 Å². The van der Waals surface area contributed by atoms with Crippen molar-refractivity contribution in [3.05, 3.63) is 62.2 Å². The summed E-state index contributed by atoms with van der Waals surface area (Å²) in [5.74, 6) is 0.457. The van der Waals surface area contributed by atoms with E-state index in [9.17, 15) is 5.11 Å². The molecule has 0 aliphatic rings. The van der Waals surface area contributed by atoms with Crippen LogP contribution >= 0.6 is 27.3 Å². The van der Waals surface area contributed by atoms with Crippen LogP contribution in [-0.4, -0.2) is 29.7 Å². The van der Waals surface area contributed by atoms with E-state index >= 15 is 0 Å². The third kappa shape index (κ3) is 4.31. The zero-order chi connectivity index (χ0) is 19.4. The van der Waals surface area contributed by atoms with Crippen LogP contribution in [0.25, 0.3) is 11.3 Å². The highest BCUT2D eigenvalue weighted by Gasteiger charge is 2.09. The topological polar surface area (TPSA) is 59.1 Å². The number of rotatable bonds is 5. The van der Waals surface area contributed by atoms with Crippen LogP contribution < -0.4 is 9.54 Å². The molecule has 0 atom stereocenters. The lowest BCUT2D eigenvalue weighted by molar-refractivity contribution is 0.372. The number of aryl methyl sites for hydroxylation is 1. The number of hydrogen-bond acceptors (Lipinski definition) is 5. The van der Waals surface area contributed by atoms with Crippen molar-refractivity contribution < 1.29 is 9.84 Å². The number of methoxy groups -OCH3 is 1. The van der Waals surface area contributed by atoms with Gasteiger partial charge >= 0.3 is 0 Å². The summed E-state index contributed by atoms with van der Waals surface area (Å²) in [6.07, 6.45) is 1.73. The molecular formula is C20H20BrN3O2S. The van der Waals surface area contributed by atoms with Gasteiger partial charge in [0.1, 0.15) is 0 Å². The van der Waals surface area contributed by atoms with Gasteiger partial charge in [0.15, 0.2) is 11.5 Å². The van der Waals surface area contributed by atoms with Gasteiger partial charge in [0.25, 0.3) is 0 Å². The Bertz CT molecular complexity index is 1040. The fraction of sp³-hybridized carbons (Fsp3) is 0.200. The Balaban J connectivity index is 2.07. The molecule has 1 heterocycles. The third-order valence-corrected chi connectivity index (χ3v) is 5.38. The number of halogens is 1. The standard InChI is InChI=1S/C20H20BrN3O2S/c1-4-22-20-24(17(12-27-20)15-7-5-13(2)6-8-15)23-11-14-9-16(21)19(25)18(10-14)26-3/h5-12,25H,4H2,1-3H3. The summed E-state index contributed by atoms with van der Waals surface area (Å²) in [4.78, 5) is 5.37. The molecule has 3 aromatic rings. The van der Waals surface area contributed by atoms with Gasteiger partial charge in [0.05, 0.1) is 23.5 Å². The van der Waals surface area contributed by atoms with E-state index in [-0.39, 0.29) is 5.75 Å². The average molecular weight is 446 g/mol. The molecule has 0 saturated heterocycles. The zero-order valence-corrected chi connectivity index (χ0v) is 17.7. The molecule has 2 aromatic carbocycles. The van der Waals surface area contributed by atoms with E-state index in [1.807, 2.05) is 11.6 Å². The van der Waals surface area contributed by atoms with Crippen LogP contribution in [0.15, 0.2) is 56.3 Å². The number of phenolic OH excluding ortho intramolecular Hbond substituents is 1. The Labute approximate surface area is 170 Å². The van der Waals surface area contributed by atoms with Crippen LogP contribution in [0.1, 0.15) is 18.1 Å². The van der Waals surface area contributed by atoms with Gasteiger partial charge in [-0.2, -0.15) is 5.10 Å². The van der Waals surface area contributed by atoms with E-state index in [0.717, 1.165) is 21.6 Å². The summed E-state index contributed by atoms with van der Waals surface area (Å²) in [5.41, 5.74) is 4.07. The van der Waals surface area contributed by atoms with E-state index in [1.54, 1.807) is 29.7 Å². The number of aromatic hydroxyl groups is 1. The SMILES string of the molecule is CCN=c1scc(-c2ccc(C)cc2)n1N=Cc1cc(Br)c(O)c(OC)c1. The molecule has 0 amide bonds. The maximum Gasteiger partial charge on any atom is 0.206 e. The highest BCUT2D eigenvalue weighted by Crippen LogP contribution is 2.34. The highest BCUT2D eigenvalue weighted by molar-refractivity contribution is 9.10. The maximum atomic E-state index is 9.97. The van der Waals surface area contributed by atoms with Gasteiger partial charge in [0, 0.05) is 17.5 Å². The molecule has 140 valence electrons. The van der Waals surface area contributed by atoms with Crippen molar-refractivity contribution in [1.29, 1.82) is 0 Å². The van der Waals surface area contributed by atoms with Crippen molar-refractivity contribution >= 4 is 33.5 Å². The summed E-state index contributed by atoms with van der Waals surface area (Å²) >= 11 is 4.90. The fourth-order valence-corrected chi connectivity index (χ4v) is 3.89. The molecule has 27 heavy (non-hydrogen) atoms. The number of phenols is 1. The molecule has 0 aliphatic carbocycles. The number of thiazole rings is 1. The second-order valence-electron chi connectivity index (χ2n) is 5.85. The van der Waals surface area contributed by atoms with Crippen LogP contribution in [0.3, 0.4) is 0 Å². The predicted octanol–water partition coefficient (Wildman–Crippen LogP) is 4.80. The van der Waals surface area contributed by atoms with E-state index in [4.69, 9.17) is 4.74 Å². The first-order valence-electron chi connectivity index (χ1n) is 8.42. The molecule has 0 aliphatic heterocycles. The van der Waals surface area contributed by atoms with Gasteiger partial charge in [-0.05, 0) is 47.5 Å². The van der Waals surface area contributed by atoms with Crippen molar-refractivity contribution in [2.75, 3.05) is 13.7 Å². The lowest BCUT2D eigenvalue weighted by Crippen LogP contribution is -2.12. The monoisotopic (exact) mass is 445 g/mol. The van der Waals surface area contributed by atoms with Crippen molar-refractivity contribution in [1.82, 2.24) is 4.68 Å². The zero-order valence-electron chi connectivity index (χ0n) is 15.3. The molecule has 3 rings (SSSR count). The summed E-state index contributed by atoms with van der Waals surface area (Å²) in [7, 11) is 1.52. The van der Waals surface area contributed by atoms with Gasteiger partial charge in [-0.3, -0.25) is 4.99 Å². The quantitative estimate of drug-likeness (QED) is 0.573. The summed E-state index contributed by atoms with van der Waals surface area (Å²) in [6, 6.07) is 11.9. The number of nitrogens with zero attached hydrogens (tertiary/aromatic N) is 3. The minimum Gasteiger partial charge on any atom is -0.503 e. The van der Waals surface area contributed by atoms with E-state index in [1.165, 1.54) is 12.7 Å². The minimum absolute atomic E-state index is 0.0693. The molecule has 0 bridgehead atoms. The molecular weight excluding hydrogens is 426 g/mol. The Morgan fingerprint density at radius 3 is 2.67 bits per heavy atom. The number of ether oxygens (including phenoxy) is 1. The van der Waals surface area contributed by atoms with Gasteiger partial charge in [0.2, 0.25) is 4.80 Å². The normalized spacial score (nSPS) is 12.1. The molecule has 0 radical (unpaired) electrons. The van der Waals surface area contributed by atoms with Crippen molar-refractivity contribution in [2.24, 2.45) is 10.1 Å². The fourth-order valence-electron chi connectivity index (χ4n) is 2.53. The lowest BCUT2D eigenvalue weighted by Gasteiger charge is -2.07. The molecule has 0 spiro atoms. The van der Waals surface area contributed by atoms with Gasteiger partial charge in [-0.15, -0.1) is 11.3 Å². The van der Waals surface area contributed by atoms with Gasteiger partial charge in [-0.25, -0.2) is 4.68 Å². The number of hydrogen-bond donors (Lipinski definition) is 1. The Morgan fingerprint density at radius 2 is 2.00 bits per heavy atom. The summed E-state index contributed by atoms with van der Waals surface area (Å²) < 4.78 is 7.60. The van der Waals surface area contributed by atoms with Crippen molar-refractivity contribution in [3.8, 4) is 22.8 Å². The van der Waals surface area contributed by atoms with Crippen LogP contribution in [0.4, 0.5) is 0 Å². The second-order valence-corrected chi connectivity index (χ2v) is 7.54. The first kappa shape index (κ1) is 19.4. The van der Waals surface area contributed by atoms with Crippen molar-refractivity contribution in [2.45, 2.75) is 13.8 Å². The van der Waals surface area contributed by atoms with Gasteiger partial charge < -0.3 is 9.84 Å². The number of benzene rings is 2. The third-order valence-electron chi connectivity index (χ3n) is 3.92. The van der Waals surface area contributed by atoms with Crippen LogP contribution in [0, 0.1) is 6.92 Å². The lowest BCUT2D eigenvalue weighted by atomic mass is 10.1. The smallest absolute Gasteiger partial charge is 0.206 e. The first-order valence-corrected chi connectivity index (χ1v) is 10.1. The largest absolute Gasteiger partial charge is 0.503 e. The maximum absolute atomic E-state index is 9.97. The van der Waals surface area contributed by atoms with Crippen LogP contribution in [-0.2, 0) is 0 Å². The van der Waals surface area contributed by atoms with Crippen molar-refractivity contribution in [3.63, 3.8) is 0 Å². The van der Waals surface area contributed by atoms with Crippen LogP contribution in [0.5, 0.6) is 11.5 Å². The summed E-state index contributed by atoms with van der Waals surface area (Å²) in [5, 5.41) is 16.7. The average Bonchev–Trinajstić information content (AvgIpc) is 3.06. The Kier molecular flexibility index (Phi) is 6.13. The molecule has 0 fully saturated rings. The number of aromatic nitrogens is 1. The molecule has 0 saturated carbocycles. The molecule has 0 unspecified atom stereocenters. The summed E-state index contributed by atoms with van der Waals surface area (Å²) in [6.45, 7) is 4.75. The van der Waals surface area contributed by atoms with E-state index in [0.29, 0.717) is 16.8 Å².